The minimum Gasteiger partial charge on any atom is -0.396 e. The molecule has 1 saturated carbocycles. The quantitative estimate of drug-likeness (QED) is 0.639. The van der Waals surface area contributed by atoms with Gasteiger partial charge >= 0.3 is 5.69 Å². The molecule has 1 aliphatic carbocycles. The zero-order valence-corrected chi connectivity index (χ0v) is 11.8. The number of hydrogen-bond donors (Lipinski definition) is 2. The molecule has 0 bridgehead atoms. The molecule has 0 spiro atoms. The molecule has 0 atom stereocenters. The number of aromatic nitrogens is 1. The van der Waals surface area contributed by atoms with Gasteiger partial charge < -0.3 is 10.4 Å². The van der Waals surface area contributed by atoms with E-state index in [4.69, 9.17) is 0 Å². The third-order valence-electron chi connectivity index (χ3n) is 4.09. The first-order chi connectivity index (χ1) is 9.56. The normalized spacial score (nSPS) is 17.7. The van der Waals surface area contributed by atoms with Crippen molar-refractivity contribution in [2.45, 2.75) is 39.0 Å². The van der Waals surface area contributed by atoms with Crippen molar-refractivity contribution in [2.75, 3.05) is 18.5 Å². The Morgan fingerprint density at radius 3 is 2.70 bits per heavy atom. The van der Waals surface area contributed by atoms with Crippen molar-refractivity contribution in [3.8, 4) is 0 Å². The Hall–Kier alpha value is -1.69. The summed E-state index contributed by atoms with van der Waals surface area (Å²) in [6, 6.07) is 3.10. The van der Waals surface area contributed by atoms with Crippen molar-refractivity contribution in [1.82, 2.24) is 4.98 Å². The molecule has 110 valence electrons. The molecule has 20 heavy (non-hydrogen) atoms. The van der Waals surface area contributed by atoms with Gasteiger partial charge in [0.2, 0.25) is 5.82 Å². The van der Waals surface area contributed by atoms with Crippen LogP contribution in [0, 0.1) is 22.5 Å². The highest BCUT2D eigenvalue weighted by molar-refractivity contribution is 5.56. The van der Waals surface area contributed by atoms with Crippen LogP contribution in [0.25, 0.3) is 0 Å². The molecule has 0 unspecified atom stereocenters. The predicted octanol–water partition coefficient (Wildman–Crippen LogP) is 2.65. The molecule has 6 nitrogen and oxygen atoms in total. The van der Waals surface area contributed by atoms with Crippen LogP contribution in [0.15, 0.2) is 12.1 Å². The topological polar surface area (TPSA) is 88.3 Å². The Labute approximate surface area is 118 Å². The smallest absolute Gasteiger partial charge is 0.311 e. The number of nitrogens with zero attached hydrogens (tertiary/aromatic N) is 2. The summed E-state index contributed by atoms with van der Waals surface area (Å²) in [6.45, 7) is 2.44. The van der Waals surface area contributed by atoms with Gasteiger partial charge in [0, 0.05) is 23.7 Å². The first-order valence-electron chi connectivity index (χ1n) is 7.03. The summed E-state index contributed by atoms with van der Waals surface area (Å²) in [6.07, 6.45) is 5.31. The molecule has 0 saturated heterocycles. The van der Waals surface area contributed by atoms with Gasteiger partial charge in [-0.15, -0.1) is 0 Å². The van der Waals surface area contributed by atoms with Gasteiger partial charge in [-0.2, -0.15) is 0 Å². The van der Waals surface area contributed by atoms with E-state index in [2.05, 4.69) is 10.3 Å². The van der Waals surface area contributed by atoms with E-state index in [9.17, 15) is 15.2 Å². The molecule has 1 aromatic heterocycles. The number of pyridine rings is 1. The highest BCUT2D eigenvalue weighted by Crippen LogP contribution is 2.36. The van der Waals surface area contributed by atoms with Crippen molar-refractivity contribution in [1.29, 1.82) is 0 Å². The van der Waals surface area contributed by atoms with Gasteiger partial charge in [0.1, 0.15) is 0 Å². The molecule has 1 fully saturated rings. The average Bonchev–Trinajstić information content (AvgIpc) is 2.46. The fraction of sp³-hybridized carbons (Fsp3) is 0.643. The van der Waals surface area contributed by atoms with E-state index in [1.165, 1.54) is 12.5 Å². The Bertz CT molecular complexity index is 485. The lowest BCUT2D eigenvalue weighted by molar-refractivity contribution is -0.384. The van der Waals surface area contributed by atoms with Crippen LogP contribution in [0.1, 0.15) is 37.8 Å². The summed E-state index contributed by atoms with van der Waals surface area (Å²) >= 11 is 0. The van der Waals surface area contributed by atoms with E-state index in [1.807, 2.05) is 0 Å². The molecule has 0 radical (unpaired) electrons. The van der Waals surface area contributed by atoms with Crippen molar-refractivity contribution in [3.05, 3.63) is 27.9 Å². The third kappa shape index (κ3) is 3.25. The molecule has 0 aliphatic heterocycles. The fourth-order valence-electron chi connectivity index (χ4n) is 2.79. The fourth-order valence-corrected chi connectivity index (χ4v) is 2.79. The van der Waals surface area contributed by atoms with Crippen LogP contribution in [-0.4, -0.2) is 28.2 Å². The summed E-state index contributed by atoms with van der Waals surface area (Å²) in [7, 11) is 0. The van der Waals surface area contributed by atoms with Crippen LogP contribution in [0.5, 0.6) is 0 Å². The second-order valence-corrected chi connectivity index (χ2v) is 5.65. The predicted molar refractivity (Wildman–Crippen MR) is 76.7 cm³/mol. The van der Waals surface area contributed by atoms with Gasteiger partial charge in [-0.05, 0) is 25.8 Å². The van der Waals surface area contributed by atoms with E-state index in [1.54, 1.807) is 13.0 Å². The first-order valence-corrected chi connectivity index (χ1v) is 7.03. The van der Waals surface area contributed by atoms with Crippen LogP contribution in [-0.2, 0) is 0 Å². The van der Waals surface area contributed by atoms with Crippen molar-refractivity contribution < 1.29 is 10.0 Å². The van der Waals surface area contributed by atoms with Crippen molar-refractivity contribution >= 4 is 11.5 Å². The van der Waals surface area contributed by atoms with Crippen molar-refractivity contribution in [3.63, 3.8) is 0 Å². The van der Waals surface area contributed by atoms with Crippen LogP contribution >= 0.6 is 0 Å². The molecule has 0 aromatic carbocycles. The summed E-state index contributed by atoms with van der Waals surface area (Å²) < 4.78 is 0. The van der Waals surface area contributed by atoms with E-state index >= 15 is 0 Å². The van der Waals surface area contributed by atoms with Gasteiger partial charge in [0.15, 0.2) is 0 Å². The lowest BCUT2D eigenvalue weighted by atomic mass is 9.74. The van der Waals surface area contributed by atoms with E-state index < -0.39 is 4.92 Å². The highest BCUT2D eigenvalue weighted by atomic mass is 16.6. The zero-order valence-electron chi connectivity index (χ0n) is 11.8. The van der Waals surface area contributed by atoms with Gasteiger partial charge in [-0.3, -0.25) is 10.1 Å². The second kappa shape index (κ2) is 6.17. The van der Waals surface area contributed by atoms with Crippen LogP contribution in [0.3, 0.4) is 0 Å². The van der Waals surface area contributed by atoms with Crippen LogP contribution < -0.4 is 5.32 Å². The standard InChI is InChI=1S/C14H21N3O3/c1-11-5-6-12(17(19)20)13(16-11)15-9-14(10-18)7-3-2-4-8-14/h5-6,18H,2-4,7-10H2,1H3,(H,15,16). The summed E-state index contributed by atoms with van der Waals surface area (Å²) in [5, 5.41) is 23.8. The molecule has 1 aromatic rings. The van der Waals surface area contributed by atoms with E-state index in [-0.39, 0.29) is 17.7 Å². The minimum atomic E-state index is -0.429. The summed E-state index contributed by atoms with van der Waals surface area (Å²) in [4.78, 5) is 14.8. The Morgan fingerprint density at radius 2 is 2.10 bits per heavy atom. The minimum absolute atomic E-state index is 0.0144. The first kappa shape index (κ1) is 14.7. The molecule has 6 heteroatoms. The van der Waals surface area contributed by atoms with E-state index in [0.29, 0.717) is 12.4 Å². The monoisotopic (exact) mass is 279 g/mol. The third-order valence-corrected chi connectivity index (χ3v) is 4.09. The van der Waals surface area contributed by atoms with Crippen LogP contribution in [0.2, 0.25) is 0 Å². The van der Waals surface area contributed by atoms with Crippen molar-refractivity contribution in [2.24, 2.45) is 5.41 Å². The Kier molecular flexibility index (Phi) is 4.54. The largest absolute Gasteiger partial charge is 0.396 e. The lowest BCUT2D eigenvalue weighted by Crippen LogP contribution is -2.35. The number of aliphatic hydroxyl groups excluding tert-OH is 1. The number of nitrogens with one attached hydrogen (secondary N) is 1. The maximum absolute atomic E-state index is 11.0. The number of nitro groups is 1. The van der Waals surface area contributed by atoms with Crippen LogP contribution in [0.4, 0.5) is 11.5 Å². The molecule has 1 aliphatic rings. The Morgan fingerprint density at radius 1 is 1.40 bits per heavy atom. The molecular formula is C14H21N3O3. The lowest BCUT2D eigenvalue weighted by Gasteiger charge is -2.35. The Balaban J connectivity index is 2.13. The second-order valence-electron chi connectivity index (χ2n) is 5.65. The molecule has 2 rings (SSSR count). The average molecular weight is 279 g/mol. The van der Waals surface area contributed by atoms with E-state index in [0.717, 1.165) is 31.4 Å². The number of rotatable bonds is 5. The van der Waals surface area contributed by atoms with Gasteiger partial charge in [0.05, 0.1) is 11.5 Å². The maximum Gasteiger partial charge on any atom is 0.311 e. The summed E-state index contributed by atoms with van der Waals surface area (Å²) in [5.74, 6) is 0.299. The zero-order chi connectivity index (χ0) is 14.6. The molecular weight excluding hydrogens is 258 g/mol. The SMILES string of the molecule is Cc1ccc([N+](=O)[O-])c(NCC2(CO)CCCCC2)n1. The summed E-state index contributed by atoms with van der Waals surface area (Å²) in [5.41, 5.74) is 0.552. The van der Waals surface area contributed by atoms with Gasteiger partial charge in [-0.25, -0.2) is 4.98 Å². The van der Waals surface area contributed by atoms with Gasteiger partial charge in [-0.1, -0.05) is 19.3 Å². The molecule has 0 amide bonds. The van der Waals surface area contributed by atoms with Gasteiger partial charge in [0.25, 0.3) is 0 Å². The number of hydrogen-bond acceptors (Lipinski definition) is 5. The number of aliphatic hydroxyl groups is 1. The maximum atomic E-state index is 11.0. The number of aryl methyl sites for hydroxylation is 1. The number of anilines is 1. The highest BCUT2D eigenvalue weighted by Gasteiger charge is 2.32. The molecule has 1 heterocycles. The molecule has 2 N–H and O–H groups in total.